The summed E-state index contributed by atoms with van der Waals surface area (Å²) in [5.74, 6) is -0.570. The van der Waals surface area contributed by atoms with E-state index >= 15 is 0 Å². The first kappa shape index (κ1) is 17.6. The van der Waals surface area contributed by atoms with Gasteiger partial charge in [-0.25, -0.2) is 8.42 Å². The van der Waals surface area contributed by atoms with E-state index < -0.39 is 15.7 Å². The summed E-state index contributed by atoms with van der Waals surface area (Å²) in [5.41, 5.74) is 0.0964. The monoisotopic (exact) mass is 373 g/mol. The van der Waals surface area contributed by atoms with Crippen LogP contribution in [0.15, 0.2) is 30.0 Å². The number of carbonyl (C=O) groups excluding carboxylic acids is 1. The summed E-state index contributed by atoms with van der Waals surface area (Å²) >= 11 is 11.8. The summed E-state index contributed by atoms with van der Waals surface area (Å²) in [5, 5.41) is 15.0. The number of hydrogen-bond acceptors (Lipinski definition) is 5. The lowest BCUT2D eigenvalue weighted by Crippen LogP contribution is -2.27. The van der Waals surface area contributed by atoms with Gasteiger partial charge in [0.05, 0.1) is 22.2 Å². The third-order valence-electron chi connectivity index (χ3n) is 3.24. The minimum Gasteiger partial charge on any atom is -0.386 e. The molecule has 0 bridgehead atoms. The Morgan fingerprint density at radius 2 is 2.13 bits per heavy atom. The lowest BCUT2D eigenvalue weighted by Gasteiger charge is -2.09. The Morgan fingerprint density at radius 3 is 2.74 bits per heavy atom. The standard InChI is InChI=1S/C14H13Cl2N3O3S/c15-10-1-2-12(16)13(5-10)19-14(20)9(6-17)7-18-11-3-4-23(21,22)8-11/h1-2,5,7,11,18H,3-4,8H2,(H,19,20)/b9-7-. The Hall–Kier alpha value is -1.75. The molecule has 0 aliphatic carbocycles. The largest absolute Gasteiger partial charge is 0.386 e. The highest BCUT2D eigenvalue weighted by molar-refractivity contribution is 7.91. The van der Waals surface area contributed by atoms with Crippen LogP contribution in [0.1, 0.15) is 6.42 Å². The number of halogens is 2. The Labute approximate surface area is 144 Å². The number of benzene rings is 1. The van der Waals surface area contributed by atoms with Gasteiger partial charge in [0.25, 0.3) is 5.91 Å². The minimum absolute atomic E-state index is 0.00997. The van der Waals surface area contributed by atoms with Gasteiger partial charge in [-0.3, -0.25) is 4.79 Å². The maximum Gasteiger partial charge on any atom is 0.267 e. The van der Waals surface area contributed by atoms with Crippen molar-refractivity contribution in [3.63, 3.8) is 0 Å². The predicted molar refractivity (Wildman–Crippen MR) is 89.0 cm³/mol. The quantitative estimate of drug-likeness (QED) is 0.621. The van der Waals surface area contributed by atoms with Gasteiger partial charge in [-0.05, 0) is 24.6 Å². The zero-order valence-electron chi connectivity index (χ0n) is 11.8. The smallest absolute Gasteiger partial charge is 0.267 e. The van der Waals surface area contributed by atoms with Crippen LogP contribution < -0.4 is 10.6 Å². The number of anilines is 1. The molecular formula is C14H13Cl2N3O3S. The third kappa shape index (κ3) is 4.86. The number of rotatable bonds is 4. The molecule has 2 rings (SSSR count). The molecule has 1 aliphatic heterocycles. The molecule has 1 aromatic carbocycles. The number of sulfone groups is 1. The van der Waals surface area contributed by atoms with Crippen molar-refractivity contribution in [2.75, 3.05) is 16.8 Å². The molecule has 1 fully saturated rings. The fraction of sp³-hybridized carbons (Fsp3) is 0.286. The summed E-state index contributed by atoms with van der Waals surface area (Å²) in [6.07, 6.45) is 1.67. The van der Waals surface area contributed by atoms with Gasteiger partial charge in [0, 0.05) is 17.3 Å². The van der Waals surface area contributed by atoms with E-state index in [-0.39, 0.29) is 33.8 Å². The second kappa shape index (κ2) is 7.21. The van der Waals surface area contributed by atoms with E-state index in [2.05, 4.69) is 10.6 Å². The third-order valence-corrected chi connectivity index (χ3v) is 5.57. The van der Waals surface area contributed by atoms with Crippen molar-refractivity contribution in [3.8, 4) is 6.07 Å². The van der Waals surface area contributed by atoms with Gasteiger partial charge in [0.1, 0.15) is 11.6 Å². The molecule has 9 heteroatoms. The first-order chi connectivity index (χ1) is 10.8. The molecule has 122 valence electrons. The van der Waals surface area contributed by atoms with Crippen LogP contribution in [0, 0.1) is 11.3 Å². The highest BCUT2D eigenvalue weighted by Crippen LogP contribution is 2.25. The van der Waals surface area contributed by atoms with Crippen LogP contribution >= 0.6 is 23.2 Å². The fourth-order valence-corrected chi connectivity index (χ4v) is 4.08. The number of amides is 1. The highest BCUT2D eigenvalue weighted by Gasteiger charge is 2.27. The molecule has 2 N–H and O–H groups in total. The molecule has 23 heavy (non-hydrogen) atoms. The van der Waals surface area contributed by atoms with Gasteiger partial charge in [-0.2, -0.15) is 5.26 Å². The van der Waals surface area contributed by atoms with Crippen LogP contribution in [-0.2, 0) is 14.6 Å². The highest BCUT2D eigenvalue weighted by atomic mass is 35.5. The van der Waals surface area contributed by atoms with Crippen molar-refractivity contribution < 1.29 is 13.2 Å². The second-order valence-electron chi connectivity index (χ2n) is 5.01. The summed E-state index contributed by atoms with van der Waals surface area (Å²) < 4.78 is 22.7. The van der Waals surface area contributed by atoms with E-state index in [4.69, 9.17) is 28.5 Å². The van der Waals surface area contributed by atoms with Gasteiger partial charge < -0.3 is 10.6 Å². The van der Waals surface area contributed by atoms with E-state index in [1.54, 1.807) is 12.1 Å². The van der Waals surface area contributed by atoms with Crippen molar-refractivity contribution in [1.29, 1.82) is 5.26 Å². The van der Waals surface area contributed by atoms with Crippen LogP contribution in [0.25, 0.3) is 0 Å². The minimum atomic E-state index is -3.04. The van der Waals surface area contributed by atoms with Crippen LogP contribution in [0.5, 0.6) is 0 Å². The van der Waals surface area contributed by atoms with Gasteiger partial charge in [-0.15, -0.1) is 0 Å². The summed E-state index contributed by atoms with van der Waals surface area (Å²) in [4.78, 5) is 12.1. The molecule has 1 atom stereocenters. The molecule has 1 heterocycles. The first-order valence-corrected chi connectivity index (χ1v) is 9.21. The summed E-state index contributed by atoms with van der Waals surface area (Å²) in [6.45, 7) is 0. The maximum atomic E-state index is 12.1. The van der Waals surface area contributed by atoms with Crippen LogP contribution in [0.3, 0.4) is 0 Å². The van der Waals surface area contributed by atoms with Crippen molar-refractivity contribution in [2.24, 2.45) is 0 Å². The van der Waals surface area contributed by atoms with Crippen LogP contribution in [0.2, 0.25) is 10.0 Å². The molecule has 1 aromatic rings. The number of hydrogen-bond donors (Lipinski definition) is 2. The van der Waals surface area contributed by atoms with Crippen LogP contribution in [-0.4, -0.2) is 31.9 Å². The number of nitriles is 1. The molecule has 1 saturated heterocycles. The fourth-order valence-electron chi connectivity index (χ4n) is 2.06. The Kier molecular flexibility index (Phi) is 5.52. The molecule has 1 aliphatic rings. The summed E-state index contributed by atoms with van der Waals surface area (Å²) in [7, 11) is -3.04. The second-order valence-corrected chi connectivity index (χ2v) is 8.09. The molecule has 6 nitrogen and oxygen atoms in total. The molecule has 0 saturated carbocycles. The molecule has 0 radical (unpaired) electrons. The molecular weight excluding hydrogens is 361 g/mol. The van der Waals surface area contributed by atoms with Crippen molar-refractivity contribution in [3.05, 3.63) is 40.0 Å². The van der Waals surface area contributed by atoms with E-state index in [0.29, 0.717) is 11.4 Å². The lowest BCUT2D eigenvalue weighted by atomic mass is 10.2. The Bertz CT molecular complexity index is 800. The topological polar surface area (TPSA) is 99.1 Å². The normalized spacial score (nSPS) is 19.9. The molecule has 0 aromatic heterocycles. The molecule has 1 unspecified atom stereocenters. The zero-order chi connectivity index (χ0) is 17.0. The average Bonchev–Trinajstić information content (AvgIpc) is 2.83. The van der Waals surface area contributed by atoms with Gasteiger partial charge in [-0.1, -0.05) is 23.2 Å². The molecule has 1 amide bonds. The predicted octanol–water partition coefficient (Wildman–Crippen LogP) is 2.12. The van der Waals surface area contributed by atoms with Crippen LogP contribution in [0.4, 0.5) is 5.69 Å². The number of nitrogens with zero attached hydrogens (tertiary/aromatic N) is 1. The maximum absolute atomic E-state index is 12.1. The zero-order valence-corrected chi connectivity index (χ0v) is 14.2. The van der Waals surface area contributed by atoms with E-state index in [1.807, 2.05) is 0 Å². The van der Waals surface area contributed by atoms with Crippen molar-refractivity contribution >= 4 is 44.6 Å². The average molecular weight is 374 g/mol. The van der Waals surface area contributed by atoms with Gasteiger partial charge in [0.2, 0.25) is 0 Å². The SMILES string of the molecule is N#C/C(=C/NC1CCS(=O)(=O)C1)C(=O)Nc1cc(Cl)ccc1Cl. The number of carbonyl (C=O) groups is 1. The van der Waals surface area contributed by atoms with E-state index in [0.717, 1.165) is 0 Å². The van der Waals surface area contributed by atoms with E-state index in [9.17, 15) is 13.2 Å². The summed E-state index contributed by atoms with van der Waals surface area (Å²) in [6, 6.07) is 6.02. The molecule has 0 spiro atoms. The Morgan fingerprint density at radius 1 is 1.39 bits per heavy atom. The van der Waals surface area contributed by atoms with Crippen molar-refractivity contribution in [1.82, 2.24) is 5.32 Å². The lowest BCUT2D eigenvalue weighted by molar-refractivity contribution is -0.112. The van der Waals surface area contributed by atoms with E-state index in [1.165, 1.54) is 18.3 Å². The van der Waals surface area contributed by atoms with Gasteiger partial charge in [0.15, 0.2) is 9.84 Å². The Balaban J connectivity index is 2.05. The van der Waals surface area contributed by atoms with Crippen molar-refractivity contribution in [2.45, 2.75) is 12.5 Å². The van der Waals surface area contributed by atoms with Gasteiger partial charge >= 0.3 is 0 Å². The number of nitrogens with one attached hydrogen (secondary N) is 2. The first-order valence-electron chi connectivity index (χ1n) is 6.64.